The number of benzene rings is 2. The lowest BCUT2D eigenvalue weighted by molar-refractivity contribution is -0.119. The number of anilines is 1. The maximum absolute atomic E-state index is 12.7. The summed E-state index contributed by atoms with van der Waals surface area (Å²) in [6, 6.07) is 15.0. The summed E-state index contributed by atoms with van der Waals surface area (Å²) in [7, 11) is 3.47. The molecule has 2 aromatic rings. The molecule has 0 saturated carbocycles. The molecule has 5 nitrogen and oxygen atoms in total. The summed E-state index contributed by atoms with van der Waals surface area (Å²) in [5.41, 5.74) is 3.37. The number of hydrogen-bond acceptors (Lipinski definition) is 4. The fourth-order valence-corrected chi connectivity index (χ4v) is 4.81. The second kappa shape index (κ2) is 11.4. The van der Waals surface area contributed by atoms with Crippen LogP contribution in [0.1, 0.15) is 51.2 Å². The highest BCUT2D eigenvalue weighted by Gasteiger charge is 2.30. The Balaban J connectivity index is 1.68. The number of hydrogen-bond donors (Lipinski definition) is 0. The molecule has 0 N–H and O–H groups in total. The smallest absolute Gasteiger partial charge is 0.226 e. The molecule has 1 atom stereocenters. The van der Waals surface area contributed by atoms with Crippen LogP contribution in [0.3, 0.4) is 0 Å². The number of carbonyl (C=O) groups excluding carboxylic acids is 1. The molecule has 3 rings (SSSR count). The lowest BCUT2D eigenvalue weighted by Crippen LogP contribution is -2.49. The van der Waals surface area contributed by atoms with Gasteiger partial charge in [-0.2, -0.15) is 0 Å². The molecular formula is C27H38N2O3. The Bertz CT molecular complexity index is 876. The van der Waals surface area contributed by atoms with Crippen molar-refractivity contribution in [2.45, 2.75) is 65.0 Å². The summed E-state index contributed by atoms with van der Waals surface area (Å²) in [5, 5.41) is 0. The third kappa shape index (κ3) is 5.44. The van der Waals surface area contributed by atoms with Crippen molar-refractivity contribution < 1.29 is 14.3 Å². The van der Waals surface area contributed by atoms with Crippen LogP contribution in [0.2, 0.25) is 0 Å². The molecule has 1 unspecified atom stereocenters. The van der Waals surface area contributed by atoms with Crippen molar-refractivity contribution in [2.75, 3.05) is 32.2 Å². The minimum absolute atomic E-state index is 0.204. The molecule has 174 valence electrons. The number of methoxy groups -OCH3 is 2. The summed E-state index contributed by atoms with van der Waals surface area (Å²) in [6.07, 6.45) is 4.32. The standard InChI is InChI=1S/C27H38N2O3/c1-6-21-18-26(32-5)22(19-25(21)31-4)17-20(3)28-15-13-24(14-16-28)29(27(30)7-2)23-11-9-8-10-12-23/h8-12,18-20,24H,6-7,13-17H2,1-5H3. The Kier molecular flexibility index (Phi) is 8.57. The van der Waals surface area contributed by atoms with Gasteiger partial charge < -0.3 is 19.3 Å². The molecule has 0 aliphatic carbocycles. The number of para-hydroxylation sites is 1. The molecule has 1 saturated heterocycles. The molecular weight excluding hydrogens is 400 g/mol. The summed E-state index contributed by atoms with van der Waals surface area (Å²) in [4.78, 5) is 17.3. The van der Waals surface area contributed by atoms with E-state index in [9.17, 15) is 4.79 Å². The Morgan fingerprint density at radius 2 is 1.62 bits per heavy atom. The van der Waals surface area contributed by atoms with Crippen LogP contribution >= 0.6 is 0 Å². The highest BCUT2D eigenvalue weighted by Crippen LogP contribution is 2.32. The van der Waals surface area contributed by atoms with Crippen LogP contribution in [0.15, 0.2) is 42.5 Å². The summed E-state index contributed by atoms with van der Waals surface area (Å²) in [6.45, 7) is 8.33. The molecule has 0 aromatic heterocycles. The lowest BCUT2D eigenvalue weighted by atomic mass is 9.97. The topological polar surface area (TPSA) is 42.0 Å². The van der Waals surface area contributed by atoms with Gasteiger partial charge in [0.05, 0.1) is 14.2 Å². The van der Waals surface area contributed by atoms with Crippen LogP contribution in [-0.4, -0.2) is 50.2 Å². The van der Waals surface area contributed by atoms with E-state index in [1.807, 2.05) is 42.2 Å². The molecule has 1 aliphatic rings. The van der Waals surface area contributed by atoms with Gasteiger partial charge in [-0.15, -0.1) is 0 Å². The molecule has 0 radical (unpaired) electrons. The average Bonchev–Trinajstić information content (AvgIpc) is 2.84. The second-order valence-electron chi connectivity index (χ2n) is 8.60. The number of nitrogens with zero attached hydrogens (tertiary/aromatic N) is 2. The SMILES string of the molecule is CCC(=O)N(c1ccccc1)C1CCN(C(C)Cc2cc(OC)c(CC)cc2OC)CC1. The van der Waals surface area contributed by atoms with Crippen molar-refractivity contribution in [1.82, 2.24) is 4.90 Å². The molecule has 1 aliphatic heterocycles. The van der Waals surface area contributed by atoms with Crippen LogP contribution in [0.4, 0.5) is 5.69 Å². The number of likely N-dealkylation sites (tertiary alicyclic amines) is 1. The van der Waals surface area contributed by atoms with Gasteiger partial charge in [0.25, 0.3) is 0 Å². The third-order valence-electron chi connectivity index (χ3n) is 6.67. The molecule has 0 spiro atoms. The maximum atomic E-state index is 12.7. The minimum Gasteiger partial charge on any atom is -0.496 e. The van der Waals surface area contributed by atoms with Gasteiger partial charge in [-0.1, -0.05) is 32.0 Å². The number of piperidine rings is 1. The minimum atomic E-state index is 0.204. The zero-order chi connectivity index (χ0) is 23.1. The van der Waals surface area contributed by atoms with Crippen LogP contribution in [0.5, 0.6) is 11.5 Å². The first-order valence-corrected chi connectivity index (χ1v) is 11.9. The Morgan fingerprint density at radius 1 is 1.03 bits per heavy atom. The summed E-state index contributed by atoms with van der Waals surface area (Å²) in [5.74, 6) is 2.08. The predicted molar refractivity (Wildman–Crippen MR) is 131 cm³/mol. The van der Waals surface area contributed by atoms with Crippen molar-refractivity contribution in [3.63, 3.8) is 0 Å². The number of aryl methyl sites for hydroxylation is 1. The number of carbonyl (C=O) groups is 1. The summed E-state index contributed by atoms with van der Waals surface area (Å²) < 4.78 is 11.3. The van der Waals surface area contributed by atoms with E-state index in [0.29, 0.717) is 12.5 Å². The normalized spacial score (nSPS) is 15.9. The van der Waals surface area contributed by atoms with E-state index in [4.69, 9.17) is 9.47 Å². The molecule has 32 heavy (non-hydrogen) atoms. The third-order valence-corrected chi connectivity index (χ3v) is 6.67. The largest absolute Gasteiger partial charge is 0.496 e. The van der Waals surface area contributed by atoms with E-state index in [2.05, 4.69) is 30.9 Å². The van der Waals surface area contributed by atoms with E-state index in [-0.39, 0.29) is 11.9 Å². The van der Waals surface area contributed by atoms with Gasteiger partial charge in [0.1, 0.15) is 11.5 Å². The fraction of sp³-hybridized carbons (Fsp3) is 0.519. The van der Waals surface area contributed by atoms with Crippen molar-refractivity contribution in [3.05, 3.63) is 53.6 Å². The first kappa shape index (κ1) is 24.1. The van der Waals surface area contributed by atoms with Crippen molar-refractivity contribution in [1.29, 1.82) is 0 Å². The van der Waals surface area contributed by atoms with E-state index in [1.54, 1.807) is 14.2 Å². The number of amides is 1. The van der Waals surface area contributed by atoms with Gasteiger partial charge in [0, 0.05) is 37.3 Å². The molecule has 0 bridgehead atoms. The van der Waals surface area contributed by atoms with Gasteiger partial charge in [-0.05, 0) is 68.0 Å². The molecule has 1 fully saturated rings. The zero-order valence-electron chi connectivity index (χ0n) is 20.3. The highest BCUT2D eigenvalue weighted by molar-refractivity contribution is 5.93. The first-order valence-electron chi connectivity index (χ1n) is 11.9. The molecule has 1 heterocycles. The van der Waals surface area contributed by atoms with E-state index in [0.717, 1.165) is 56.0 Å². The average molecular weight is 439 g/mol. The van der Waals surface area contributed by atoms with Gasteiger partial charge in [0.15, 0.2) is 0 Å². The quantitative estimate of drug-likeness (QED) is 0.546. The van der Waals surface area contributed by atoms with Crippen LogP contribution in [0, 0.1) is 0 Å². The summed E-state index contributed by atoms with van der Waals surface area (Å²) >= 11 is 0. The predicted octanol–water partition coefficient (Wildman–Crippen LogP) is 5.10. The Hall–Kier alpha value is -2.53. The lowest BCUT2D eigenvalue weighted by Gasteiger charge is -2.41. The monoisotopic (exact) mass is 438 g/mol. The van der Waals surface area contributed by atoms with Crippen molar-refractivity contribution in [3.8, 4) is 11.5 Å². The van der Waals surface area contributed by atoms with Gasteiger partial charge >= 0.3 is 0 Å². The van der Waals surface area contributed by atoms with Gasteiger partial charge in [-0.3, -0.25) is 4.79 Å². The Labute approximate surface area is 193 Å². The van der Waals surface area contributed by atoms with E-state index < -0.39 is 0 Å². The maximum Gasteiger partial charge on any atom is 0.226 e. The van der Waals surface area contributed by atoms with Crippen LogP contribution in [0.25, 0.3) is 0 Å². The molecule has 1 amide bonds. The Morgan fingerprint density at radius 3 is 2.19 bits per heavy atom. The van der Waals surface area contributed by atoms with Gasteiger partial charge in [0.2, 0.25) is 5.91 Å². The molecule has 2 aromatic carbocycles. The zero-order valence-corrected chi connectivity index (χ0v) is 20.3. The fourth-order valence-electron chi connectivity index (χ4n) is 4.81. The van der Waals surface area contributed by atoms with Crippen LogP contribution in [-0.2, 0) is 17.6 Å². The number of ether oxygens (including phenoxy) is 2. The van der Waals surface area contributed by atoms with E-state index >= 15 is 0 Å². The van der Waals surface area contributed by atoms with Crippen molar-refractivity contribution in [2.24, 2.45) is 0 Å². The van der Waals surface area contributed by atoms with Gasteiger partial charge in [-0.25, -0.2) is 0 Å². The number of rotatable bonds is 9. The molecule has 5 heteroatoms. The van der Waals surface area contributed by atoms with Crippen molar-refractivity contribution >= 4 is 11.6 Å². The first-order chi connectivity index (χ1) is 15.5. The highest BCUT2D eigenvalue weighted by atomic mass is 16.5. The van der Waals surface area contributed by atoms with Crippen LogP contribution < -0.4 is 14.4 Å². The second-order valence-corrected chi connectivity index (χ2v) is 8.60. The van der Waals surface area contributed by atoms with E-state index in [1.165, 1.54) is 11.1 Å².